The molecule has 23 heavy (non-hydrogen) atoms. The molecule has 1 rings (SSSR count). The molecule has 0 aromatic rings. The van der Waals surface area contributed by atoms with E-state index in [-0.39, 0.29) is 13.2 Å². The number of rotatable bonds is 5. The third-order valence-electron chi connectivity index (χ3n) is 2.90. The van der Waals surface area contributed by atoms with Gasteiger partial charge < -0.3 is 23.7 Å². The minimum absolute atomic E-state index is 0.0960. The predicted molar refractivity (Wildman–Crippen MR) is 73.0 cm³/mol. The van der Waals surface area contributed by atoms with Crippen LogP contribution in [0.5, 0.6) is 0 Å². The summed E-state index contributed by atoms with van der Waals surface area (Å²) in [5, 5.41) is 0. The van der Waals surface area contributed by atoms with E-state index < -0.39 is 48.3 Å². The van der Waals surface area contributed by atoms with Gasteiger partial charge in [-0.1, -0.05) is 0 Å². The van der Waals surface area contributed by atoms with Gasteiger partial charge in [-0.15, -0.1) is 0 Å². The van der Waals surface area contributed by atoms with Crippen LogP contribution in [0.3, 0.4) is 0 Å². The van der Waals surface area contributed by atoms with Crippen molar-refractivity contribution >= 4 is 23.9 Å². The fourth-order valence-corrected chi connectivity index (χ4v) is 2.16. The molecule has 1 fully saturated rings. The Morgan fingerprint density at radius 2 is 1.35 bits per heavy atom. The molecule has 1 unspecified atom stereocenters. The van der Waals surface area contributed by atoms with Crippen LogP contribution in [-0.2, 0) is 42.9 Å². The molecule has 0 bridgehead atoms. The van der Waals surface area contributed by atoms with Gasteiger partial charge in [-0.2, -0.15) is 0 Å². The van der Waals surface area contributed by atoms with E-state index in [1.165, 1.54) is 27.7 Å². The topological polar surface area (TPSA) is 114 Å². The lowest BCUT2D eigenvalue weighted by atomic mass is 9.99. The van der Waals surface area contributed by atoms with Crippen molar-refractivity contribution in [3.63, 3.8) is 0 Å². The van der Waals surface area contributed by atoms with Crippen molar-refractivity contribution in [2.24, 2.45) is 0 Å². The monoisotopic (exact) mass is 332 g/mol. The molecule has 1 heterocycles. The second-order valence-corrected chi connectivity index (χ2v) is 4.97. The van der Waals surface area contributed by atoms with Gasteiger partial charge in [-0.25, -0.2) is 0 Å². The van der Waals surface area contributed by atoms with E-state index in [1.807, 2.05) is 0 Å². The van der Waals surface area contributed by atoms with Crippen LogP contribution in [0, 0.1) is 0 Å². The van der Waals surface area contributed by atoms with Crippen molar-refractivity contribution in [1.82, 2.24) is 0 Å². The summed E-state index contributed by atoms with van der Waals surface area (Å²) in [7, 11) is 0. The average Bonchev–Trinajstić information content (AvgIpc) is 2.39. The van der Waals surface area contributed by atoms with Crippen molar-refractivity contribution < 1.29 is 42.9 Å². The Kier molecular flexibility index (Phi) is 6.95. The first-order valence-corrected chi connectivity index (χ1v) is 6.97. The molecule has 0 amide bonds. The molecule has 1 aliphatic heterocycles. The summed E-state index contributed by atoms with van der Waals surface area (Å²) in [5.41, 5.74) is 0. The SMILES string of the molecule is CC(=O)OCC1OC[C@H](OC(C)=O)[C@@H](OC(C)=O)[C@H]1OC(C)=O. The Labute approximate surface area is 133 Å². The van der Waals surface area contributed by atoms with Crippen molar-refractivity contribution in [3.8, 4) is 0 Å². The van der Waals surface area contributed by atoms with Gasteiger partial charge in [0.25, 0.3) is 0 Å². The van der Waals surface area contributed by atoms with Gasteiger partial charge in [-0.3, -0.25) is 19.2 Å². The lowest BCUT2D eigenvalue weighted by molar-refractivity contribution is -0.231. The Morgan fingerprint density at radius 3 is 1.83 bits per heavy atom. The summed E-state index contributed by atoms with van der Waals surface area (Å²) in [6.07, 6.45) is -3.92. The predicted octanol–water partition coefficient (Wildman–Crippen LogP) is -0.257. The number of esters is 4. The fraction of sp³-hybridized carbons (Fsp3) is 0.714. The number of ether oxygens (including phenoxy) is 5. The Bertz CT molecular complexity index is 473. The third kappa shape index (κ3) is 6.23. The van der Waals surface area contributed by atoms with Crippen LogP contribution in [0.25, 0.3) is 0 Å². The van der Waals surface area contributed by atoms with Crippen LogP contribution in [0.4, 0.5) is 0 Å². The highest BCUT2D eigenvalue weighted by Crippen LogP contribution is 2.24. The van der Waals surface area contributed by atoms with Crippen LogP contribution in [0.1, 0.15) is 27.7 Å². The molecule has 9 nitrogen and oxygen atoms in total. The van der Waals surface area contributed by atoms with E-state index in [0.29, 0.717) is 0 Å². The Balaban J connectivity index is 2.98. The summed E-state index contributed by atoms with van der Waals surface area (Å²) >= 11 is 0. The molecule has 0 aliphatic carbocycles. The van der Waals surface area contributed by atoms with Crippen LogP contribution >= 0.6 is 0 Å². The molecule has 130 valence electrons. The molecule has 0 N–H and O–H groups in total. The molecule has 0 radical (unpaired) electrons. The normalized spacial score (nSPS) is 26.8. The molecule has 1 aliphatic rings. The number of carbonyl (C=O) groups excluding carboxylic acids is 4. The number of hydrogen-bond donors (Lipinski definition) is 0. The quantitative estimate of drug-likeness (QED) is 0.496. The zero-order valence-corrected chi connectivity index (χ0v) is 13.4. The maximum absolute atomic E-state index is 11.3. The van der Waals surface area contributed by atoms with E-state index in [0.717, 1.165) is 0 Å². The van der Waals surface area contributed by atoms with Crippen LogP contribution in [0.15, 0.2) is 0 Å². The average molecular weight is 332 g/mol. The maximum Gasteiger partial charge on any atom is 0.303 e. The van der Waals surface area contributed by atoms with Gasteiger partial charge in [-0.05, 0) is 0 Å². The highest BCUT2D eigenvalue weighted by Gasteiger charge is 2.47. The van der Waals surface area contributed by atoms with Crippen LogP contribution in [-0.4, -0.2) is 61.5 Å². The molecule has 0 aromatic heterocycles. The standard InChI is InChI=1S/C14H20O9/c1-7(15)19-5-11-13(22-9(3)17)14(23-10(4)18)12(6-20-11)21-8(2)16/h11-14H,5-6H2,1-4H3/t11?,12-,13-,14+/m0/s1. The smallest absolute Gasteiger partial charge is 0.303 e. The molecular weight excluding hydrogens is 312 g/mol. The lowest BCUT2D eigenvalue weighted by Crippen LogP contribution is -2.58. The Morgan fingerprint density at radius 1 is 0.826 bits per heavy atom. The summed E-state index contributed by atoms with van der Waals surface area (Å²) in [6.45, 7) is 4.46. The van der Waals surface area contributed by atoms with Crippen LogP contribution in [0.2, 0.25) is 0 Å². The van der Waals surface area contributed by atoms with E-state index in [2.05, 4.69) is 0 Å². The van der Waals surface area contributed by atoms with Crippen molar-refractivity contribution in [1.29, 1.82) is 0 Å². The van der Waals surface area contributed by atoms with Crippen molar-refractivity contribution in [2.45, 2.75) is 52.1 Å². The van der Waals surface area contributed by atoms with Gasteiger partial charge in [0.1, 0.15) is 12.7 Å². The minimum atomic E-state index is -1.08. The fourth-order valence-electron chi connectivity index (χ4n) is 2.16. The first kappa shape index (κ1) is 18.9. The van der Waals surface area contributed by atoms with Crippen molar-refractivity contribution in [3.05, 3.63) is 0 Å². The van der Waals surface area contributed by atoms with Crippen molar-refractivity contribution in [2.75, 3.05) is 13.2 Å². The Hall–Kier alpha value is -2.16. The summed E-state index contributed by atoms with van der Waals surface area (Å²) in [5.74, 6) is -2.43. The van der Waals surface area contributed by atoms with E-state index >= 15 is 0 Å². The van der Waals surface area contributed by atoms with Gasteiger partial charge in [0.05, 0.1) is 6.61 Å². The molecule has 9 heteroatoms. The molecular formula is C14H20O9. The largest absolute Gasteiger partial charge is 0.463 e. The third-order valence-corrected chi connectivity index (χ3v) is 2.90. The van der Waals surface area contributed by atoms with Gasteiger partial charge in [0, 0.05) is 27.7 Å². The summed E-state index contributed by atoms with van der Waals surface area (Å²) in [4.78, 5) is 44.8. The minimum Gasteiger partial charge on any atom is -0.463 e. The lowest BCUT2D eigenvalue weighted by Gasteiger charge is -2.40. The van der Waals surface area contributed by atoms with E-state index in [9.17, 15) is 19.2 Å². The molecule has 0 spiro atoms. The molecule has 0 saturated carbocycles. The second-order valence-electron chi connectivity index (χ2n) is 4.97. The molecule has 4 atom stereocenters. The van der Waals surface area contributed by atoms with Crippen LogP contribution < -0.4 is 0 Å². The molecule has 0 aromatic carbocycles. The zero-order chi connectivity index (χ0) is 17.6. The summed E-state index contributed by atoms with van der Waals surface area (Å²) in [6, 6.07) is 0. The van der Waals surface area contributed by atoms with Gasteiger partial charge >= 0.3 is 23.9 Å². The van der Waals surface area contributed by atoms with E-state index in [4.69, 9.17) is 23.7 Å². The highest BCUT2D eigenvalue weighted by molar-refractivity contribution is 5.68. The first-order valence-electron chi connectivity index (χ1n) is 6.97. The second kappa shape index (κ2) is 8.47. The number of carbonyl (C=O) groups is 4. The summed E-state index contributed by atoms with van der Waals surface area (Å²) < 4.78 is 25.6. The number of hydrogen-bond acceptors (Lipinski definition) is 9. The highest BCUT2D eigenvalue weighted by atomic mass is 16.7. The zero-order valence-electron chi connectivity index (χ0n) is 13.4. The van der Waals surface area contributed by atoms with E-state index in [1.54, 1.807) is 0 Å². The van der Waals surface area contributed by atoms with Gasteiger partial charge in [0.15, 0.2) is 18.3 Å². The first-order chi connectivity index (χ1) is 10.7. The van der Waals surface area contributed by atoms with Gasteiger partial charge in [0.2, 0.25) is 0 Å². The molecule has 1 saturated heterocycles. The maximum atomic E-state index is 11.3.